The van der Waals surface area contributed by atoms with Crippen LogP contribution in [-0.2, 0) is 14.3 Å². The van der Waals surface area contributed by atoms with Gasteiger partial charge in [-0.3, -0.25) is 9.59 Å². The number of nitrogens with one attached hydrogen (secondary N) is 2. The van der Waals surface area contributed by atoms with E-state index in [1.165, 1.54) is 0 Å². The quantitative estimate of drug-likeness (QED) is 0.597. The zero-order chi connectivity index (χ0) is 23.0. The van der Waals surface area contributed by atoms with Gasteiger partial charge in [-0.1, -0.05) is 26.0 Å². The van der Waals surface area contributed by atoms with E-state index >= 15 is 0 Å². The number of carbonyl (C=O) groups is 3. The number of hydrogen-bond acceptors (Lipinski definition) is 5. The highest BCUT2D eigenvalue weighted by molar-refractivity contribution is 5.97. The second-order valence-corrected chi connectivity index (χ2v) is 7.63. The molecule has 0 aromatic heterocycles. The SMILES string of the molecule is CCOc1ccc(C(=O)N[C@H](C(=O)OCC(=O)Nc2cc(C)ccc2C)C(C)C)cc1. The van der Waals surface area contributed by atoms with Crippen molar-refractivity contribution in [1.82, 2.24) is 5.32 Å². The summed E-state index contributed by atoms with van der Waals surface area (Å²) in [5, 5.41) is 5.43. The Morgan fingerprint density at radius 3 is 2.29 bits per heavy atom. The Kier molecular flexibility index (Phi) is 8.61. The Bertz CT molecular complexity index is 922. The minimum Gasteiger partial charge on any atom is -0.494 e. The van der Waals surface area contributed by atoms with Crippen molar-refractivity contribution >= 4 is 23.5 Å². The van der Waals surface area contributed by atoms with Gasteiger partial charge >= 0.3 is 5.97 Å². The average molecular weight is 427 g/mol. The molecule has 0 saturated carbocycles. The molecule has 0 spiro atoms. The van der Waals surface area contributed by atoms with E-state index in [1.54, 1.807) is 38.1 Å². The van der Waals surface area contributed by atoms with E-state index in [9.17, 15) is 14.4 Å². The number of hydrogen-bond donors (Lipinski definition) is 2. The van der Waals surface area contributed by atoms with E-state index < -0.39 is 30.4 Å². The molecular weight excluding hydrogens is 396 g/mol. The minimum absolute atomic E-state index is 0.221. The highest BCUT2D eigenvalue weighted by Gasteiger charge is 2.27. The number of aryl methyl sites for hydroxylation is 2. The molecule has 2 amide bonds. The monoisotopic (exact) mass is 426 g/mol. The number of benzene rings is 2. The van der Waals surface area contributed by atoms with Crippen LogP contribution in [-0.4, -0.2) is 37.0 Å². The maximum absolute atomic E-state index is 12.5. The Hall–Kier alpha value is -3.35. The highest BCUT2D eigenvalue weighted by atomic mass is 16.5. The second-order valence-electron chi connectivity index (χ2n) is 7.63. The molecule has 7 heteroatoms. The first-order chi connectivity index (χ1) is 14.7. The van der Waals surface area contributed by atoms with Crippen molar-refractivity contribution in [3.05, 3.63) is 59.2 Å². The topological polar surface area (TPSA) is 93.7 Å². The largest absolute Gasteiger partial charge is 0.494 e. The summed E-state index contributed by atoms with van der Waals surface area (Å²) in [5.41, 5.74) is 2.99. The third kappa shape index (κ3) is 7.13. The molecule has 1 atom stereocenters. The van der Waals surface area contributed by atoms with Gasteiger partial charge in [-0.15, -0.1) is 0 Å². The number of carbonyl (C=O) groups excluding carboxylic acids is 3. The predicted octanol–water partition coefficient (Wildman–Crippen LogP) is 3.64. The Labute approximate surface area is 183 Å². The molecule has 0 aliphatic heterocycles. The molecule has 166 valence electrons. The molecule has 0 aliphatic carbocycles. The van der Waals surface area contributed by atoms with Crippen molar-refractivity contribution in [2.24, 2.45) is 5.92 Å². The van der Waals surface area contributed by atoms with Crippen molar-refractivity contribution in [3.63, 3.8) is 0 Å². The number of amides is 2. The number of rotatable bonds is 9. The molecule has 0 bridgehead atoms. The van der Waals surface area contributed by atoms with Crippen LogP contribution in [0.4, 0.5) is 5.69 Å². The van der Waals surface area contributed by atoms with E-state index in [-0.39, 0.29) is 5.92 Å². The third-order valence-electron chi connectivity index (χ3n) is 4.65. The van der Waals surface area contributed by atoms with E-state index in [0.29, 0.717) is 23.6 Å². The molecular formula is C24H30N2O5. The van der Waals surface area contributed by atoms with Crippen LogP contribution in [0, 0.1) is 19.8 Å². The summed E-state index contributed by atoms with van der Waals surface area (Å²) in [4.78, 5) is 37.3. The summed E-state index contributed by atoms with van der Waals surface area (Å²) in [5.74, 6) is -1.07. The van der Waals surface area contributed by atoms with Gasteiger partial charge in [-0.2, -0.15) is 0 Å². The van der Waals surface area contributed by atoms with E-state index in [4.69, 9.17) is 9.47 Å². The zero-order valence-corrected chi connectivity index (χ0v) is 18.7. The minimum atomic E-state index is -0.882. The smallest absolute Gasteiger partial charge is 0.329 e. The van der Waals surface area contributed by atoms with Crippen LogP contribution in [0.2, 0.25) is 0 Å². The fourth-order valence-electron chi connectivity index (χ4n) is 2.87. The molecule has 0 radical (unpaired) electrons. The third-order valence-corrected chi connectivity index (χ3v) is 4.65. The molecule has 2 aromatic rings. The van der Waals surface area contributed by atoms with Crippen molar-refractivity contribution in [3.8, 4) is 5.75 Å². The molecule has 2 aromatic carbocycles. The van der Waals surface area contributed by atoms with E-state index in [1.807, 2.05) is 39.0 Å². The lowest BCUT2D eigenvalue weighted by molar-refractivity contribution is -0.150. The van der Waals surface area contributed by atoms with Gasteiger partial charge in [0.25, 0.3) is 11.8 Å². The van der Waals surface area contributed by atoms with Crippen LogP contribution < -0.4 is 15.4 Å². The first kappa shape index (κ1) is 23.9. The average Bonchev–Trinajstić information content (AvgIpc) is 2.73. The molecule has 2 N–H and O–H groups in total. The normalized spacial score (nSPS) is 11.5. The summed E-state index contributed by atoms with van der Waals surface area (Å²) in [6.45, 7) is 9.36. The van der Waals surface area contributed by atoms with Gasteiger partial charge in [-0.05, 0) is 68.1 Å². The van der Waals surface area contributed by atoms with Crippen molar-refractivity contribution in [1.29, 1.82) is 0 Å². The van der Waals surface area contributed by atoms with Gasteiger partial charge in [0.05, 0.1) is 6.61 Å². The zero-order valence-electron chi connectivity index (χ0n) is 18.7. The molecule has 31 heavy (non-hydrogen) atoms. The van der Waals surface area contributed by atoms with Gasteiger partial charge in [-0.25, -0.2) is 4.79 Å². The van der Waals surface area contributed by atoms with Gasteiger partial charge in [0.15, 0.2) is 6.61 Å². The summed E-state index contributed by atoms with van der Waals surface area (Å²) in [6.07, 6.45) is 0. The fraction of sp³-hybridized carbons (Fsp3) is 0.375. The standard InChI is InChI=1S/C24H30N2O5/c1-6-30-19-11-9-18(10-12-19)23(28)26-22(15(2)3)24(29)31-14-21(27)25-20-13-16(4)7-8-17(20)5/h7-13,15,22H,6,14H2,1-5H3,(H,25,27)(H,26,28)/t22-/m0/s1. The van der Waals surface area contributed by atoms with Gasteiger partial charge in [0.2, 0.25) is 0 Å². The van der Waals surface area contributed by atoms with Gasteiger partial charge in [0, 0.05) is 11.3 Å². The van der Waals surface area contributed by atoms with Crippen LogP contribution >= 0.6 is 0 Å². The van der Waals surface area contributed by atoms with Crippen LogP contribution in [0.1, 0.15) is 42.3 Å². The molecule has 7 nitrogen and oxygen atoms in total. The lowest BCUT2D eigenvalue weighted by atomic mass is 10.0. The number of esters is 1. The van der Waals surface area contributed by atoms with Crippen LogP contribution in [0.3, 0.4) is 0 Å². The Morgan fingerprint density at radius 2 is 1.68 bits per heavy atom. The summed E-state index contributed by atoms with van der Waals surface area (Å²) in [7, 11) is 0. The van der Waals surface area contributed by atoms with Crippen LogP contribution in [0.15, 0.2) is 42.5 Å². The van der Waals surface area contributed by atoms with Crippen LogP contribution in [0.5, 0.6) is 5.75 Å². The molecule has 0 unspecified atom stereocenters. The second kappa shape index (κ2) is 11.2. The number of ether oxygens (including phenoxy) is 2. The Morgan fingerprint density at radius 1 is 1.00 bits per heavy atom. The van der Waals surface area contributed by atoms with E-state index in [0.717, 1.165) is 11.1 Å². The maximum Gasteiger partial charge on any atom is 0.329 e. The molecule has 0 aliphatic rings. The first-order valence-corrected chi connectivity index (χ1v) is 10.3. The molecule has 0 heterocycles. The Balaban J connectivity index is 1.94. The van der Waals surface area contributed by atoms with Crippen molar-refractivity contribution in [2.75, 3.05) is 18.5 Å². The lowest BCUT2D eigenvalue weighted by Crippen LogP contribution is -2.45. The van der Waals surface area contributed by atoms with Crippen molar-refractivity contribution < 1.29 is 23.9 Å². The van der Waals surface area contributed by atoms with Crippen molar-refractivity contribution in [2.45, 2.75) is 40.7 Å². The predicted molar refractivity (Wildman–Crippen MR) is 119 cm³/mol. The maximum atomic E-state index is 12.5. The summed E-state index contributed by atoms with van der Waals surface area (Å²) >= 11 is 0. The van der Waals surface area contributed by atoms with Crippen LogP contribution in [0.25, 0.3) is 0 Å². The summed E-state index contributed by atoms with van der Waals surface area (Å²) < 4.78 is 10.5. The number of anilines is 1. The fourth-order valence-corrected chi connectivity index (χ4v) is 2.87. The van der Waals surface area contributed by atoms with Gasteiger partial charge < -0.3 is 20.1 Å². The first-order valence-electron chi connectivity index (χ1n) is 10.3. The lowest BCUT2D eigenvalue weighted by Gasteiger charge is -2.21. The summed E-state index contributed by atoms with van der Waals surface area (Å²) in [6, 6.07) is 11.5. The molecule has 0 fully saturated rings. The highest BCUT2D eigenvalue weighted by Crippen LogP contribution is 2.16. The molecule has 2 rings (SSSR count). The van der Waals surface area contributed by atoms with E-state index in [2.05, 4.69) is 10.6 Å². The van der Waals surface area contributed by atoms with Gasteiger partial charge in [0.1, 0.15) is 11.8 Å². The molecule has 0 saturated heterocycles.